The van der Waals surface area contributed by atoms with Gasteiger partial charge >= 0.3 is 0 Å². The fraction of sp³-hybridized carbons (Fsp3) is 0.316. The van der Waals surface area contributed by atoms with E-state index in [2.05, 4.69) is 36.4 Å². The summed E-state index contributed by atoms with van der Waals surface area (Å²) < 4.78 is 0.951. The van der Waals surface area contributed by atoms with Gasteiger partial charge in [-0.2, -0.15) is 0 Å². The van der Waals surface area contributed by atoms with Gasteiger partial charge in [0.15, 0.2) is 0 Å². The van der Waals surface area contributed by atoms with Gasteiger partial charge in [-0.25, -0.2) is 4.98 Å². The number of carbonyl (C=O) groups excluding carboxylic acids is 2. The number of benzene rings is 1. The summed E-state index contributed by atoms with van der Waals surface area (Å²) in [5, 5.41) is 5.50. The van der Waals surface area contributed by atoms with Crippen LogP contribution in [0.1, 0.15) is 28.8 Å². The SMILES string of the molecule is Cc1cc(Br)ccc1NC(=O)CNC(=O)c1cccnc1N1CCCC1. The van der Waals surface area contributed by atoms with Crippen LogP contribution in [0, 0.1) is 6.92 Å². The summed E-state index contributed by atoms with van der Waals surface area (Å²) >= 11 is 3.39. The number of anilines is 2. The molecule has 7 heteroatoms. The van der Waals surface area contributed by atoms with E-state index in [0.29, 0.717) is 11.4 Å². The standard InChI is InChI=1S/C19H21BrN4O2/c1-13-11-14(20)6-7-16(13)23-17(25)12-22-19(26)15-5-4-8-21-18(15)24-9-2-3-10-24/h4-8,11H,2-3,9-10,12H2,1H3,(H,22,26)(H,23,25). The number of aryl methyl sites for hydroxylation is 1. The number of aromatic nitrogens is 1. The van der Waals surface area contributed by atoms with E-state index in [1.54, 1.807) is 18.3 Å². The molecule has 0 radical (unpaired) electrons. The molecule has 0 saturated carbocycles. The van der Waals surface area contributed by atoms with Gasteiger partial charge in [-0.15, -0.1) is 0 Å². The fourth-order valence-electron chi connectivity index (χ4n) is 2.97. The van der Waals surface area contributed by atoms with Crippen molar-refractivity contribution in [2.24, 2.45) is 0 Å². The van der Waals surface area contributed by atoms with Crippen LogP contribution in [0.2, 0.25) is 0 Å². The third kappa shape index (κ3) is 4.40. The summed E-state index contributed by atoms with van der Waals surface area (Å²) in [6, 6.07) is 9.09. The molecule has 0 unspecified atom stereocenters. The van der Waals surface area contributed by atoms with Crippen molar-refractivity contribution in [1.82, 2.24) is 10.3 Å². The van der Waals surface area contributed by atoms with Crippen LogP contribution in [0.15, 0.2) is 41.0 Å². The third-order valence-corrected chi connectivity index (χ3v) is 4.80. The maximum absolute atomic E-state index is 12.5. The van der Waals surface area contributed by atoms with Crippen LogP contribution in [-0.4, -0.2) is 36.4 Å². The zero-order valence-corrected chi connectivity index (χ0v) is 16.2. The lowest BCUT2D eigenvalue weighted by Gasteiger charge is -2.19. The van der Waals surface area contributed by atoms with Crippen LogP contribution in [0.5, 0.6) is 0 Å². The molecule has 1 fully saturated rings. The van der Waals surface area contributed by atoms with Gasteiger partial charge in [-0.05, 0) is 55.7 Å². The Kier molecular flexibility index (Phi) is 5.88. The topological polar surface area (TPSA) is 74.3 Å². The molecule has 0 spiro atoms. The lowest BCUT2D eigenvalue weighted by molar-refractivity contribution is -0.115. The van der Waals surface area contributed by atoms with Crippen LogP contribution in [0.25, 0.3) is 0 Å². The number of amides is 2. The average Bonchev–Trinajstić information content (AvgIpc) is 3.16. The Morgan fingerprint density at radius 2 is 2.00 bits per heavy atom. The summed E-state index contributed by atoms with van der Waals surface area (Å²) in [5.41, 5.74) is 2.18. The van der Waals surface area contributed by atoms with Crippen LogP contribution in [0.3, 0.4) is 0 Å². The van der Waals surface area contributed by atoms with Crippen LogP contribution in [0.4, 0.5) is 11.5 Å². The Bertz CT molecular complexity index is 819. The molecule has 1 aliphatic rings. The van der Waals surface area contributed by atoms with Crippen molar-refractivity contribution in [2.75, 3.05) is 29.9 Å². The zero-order chi connectivity index (χ0) is 18.5. The predicted molar refractivity (Wildman–Crippen MR) is 106 cm³/mol. The van der Waals surface area contributed by atoms with E-state index < -0.39 is 0 Å². The van der Waals surface area contributed by atoms with Crippen molar-refractivity contribution in [3.8, 4) is 0 Å². The second kappa shape index (κ2) is 8.31. The van der Waals surface area contributed by atoms with E-state index >= 15 is 0 Å². The molecule has 6 nitrogen and oxygen atoms in total. The number of nitrogens with zero attached hydrogens (tertiary/aromatic N) is 2. The Morgan fingerprint density at radius 1 is 1.23 bits per heavy atom. The lowest BCUT2D eigenvalue weighted by Crippen LogP contribution is -2.34. The number of hydrogen-bond acceptors (Lipinski definition) is 4. The molecule has 3 rings (SSSR count). The molecule has 2 N–H and O–H groups in total. The first-order chi connectivity index (χ1) is 12.5. The molecule has 1 aliphatic heterocycles. The highest BCUT2D eigenvalue weighted by atomic mass is 79.9. The molecule has 0 atom stereocenters. The molecule has 2 aromatic rings. The summed E-state index contributed by atoms with van der Waals surface area (Å²) in [6.07, 6.45) is 3.90. The van der Waals surface area contributed by atoms with Crippen molar-refractivity contribution in [3.05, 3.63) is 52.1 Å². The number of rotatable bonds is 5. The van der Waals surface area contributed by atoms with Crippen molar-refractivity contribution < 1.29 is 9.59 Å². The molecular formula is C19H21BrN4O2. The van der Waals surface area contributed by atoms with Gasteiger partial charge in [0.25, 0.3) is 5.91 Å². The average molecular weight is 417 g/mol. The Morgan fingerprint density at radius 3 is 2.73 bits per heavy atom. The second-order valence-corrected chi connectivity index (χ2v) is 7.17. The molecule has 2 amide bonds. The number of nitrogens with one attached hydrogen (secondary N) is 2. The number of carbonyl (C=O) groups is 2. The largest absolute Gasteiger partial charge is 0.356 e. The van der Waals surface area contributed by atoms with Gasteiger partial charge in [-0.3, -0.25) is 9.59 Å². The number of halogens is 1. The fourth-order valence-corrected chi connectivity index (χ4v) is 3.45. The minimum atomic E-state index is -0.289. The first-order valence-corrected chi connectivity index (χ1v) is 9.38. The third-order valence-electron chi connectivity index (χ3n) is 4.31. The summed E-state index contributed by atoms with van der Waals surface area (Å²) in [4.78, 5) is 31.2. The summed E-state index contributed by atoms with van der Waals surface area (Å²) in [7, 11) is 0. The Balaban J connectivity index is 1.61. The minimum absolute atomic E-state index is 0.0946. The van der Waals surface area contributed by atoms with Gasteiger partial charge in [-0.1, -0.05) is 15.9 Å². The normalized spacial score (nSPS) is 13.5. The molecule has 26 heavy (non-hydrogen) atoms. The maximum Gasteiger partial charge on any atom is 0.255 e. The van der Waals surface area contributed by atoms with Gasteiger partial charge in [0.05, 0.1) is 12.1 Å². The molecule has 0 bridgehead atoms. The number of hydrogen-bond donors (Lipinski definition) is 2. The zero-order valence-electron chi connectivity index (χ0n) is 14.6. The van der Waals surface area contributed by atoms with Crippen molar-refractivity contribution >= 4 is 39.2 Å². The highest BCUT2D eigenvalue weighted by Gasteiger charge is 2.20. The van der Waals surface area contributed by atoms with E-state index in [4.69, 9.17) is 0 Å². The van der Waals surface area contributed by atoms with Crippen molar-refractivity contribution in [2.45, 2.75) is 19.8 Å². The van der Waals surface area contributed by atoms with E-state index in [-0.39, 0.29) is 18.4 Å². The van der Waals surface area contributed by atoms with Crippen LogP contribution < -0.4 is 15.5 Å². The lowest BCUT2D eigenvalue weighted by atomic mass is 10.2. The van der Waals surface area contributed by atoms with Crippen molar-refractivity contribution in [1.29, 1.82) is 0 Å². The van der Waals surface area contributed by atoms with Crippen LogP contribution in [-0.2, 0) is 4.79 Å². The molecule has 136 valence electrons. The van der Waals surface area contributed by atoms with E-state index in [0.717, 1.165) is 41.7 Å². The maximum atomic E-state index is 12.5. The van der Waals surface area contributed by atoms with Crippen molar-refractivity contribution in [3.63, 3.8) is 0 Å². The highest BCUT2D eigenvalue weighted by Crippen LogP contribution is 2.22. The first-order valence-electron chi connectivity index (χ1n) is 8.59. The summed E-state index contributed by atoms with van der Waals surface area (Å²) in [6.45, 7) is 3.63. The molecule has 0 aliphatic carbocycles. The van der Waals surface area contributed by atoms with Gasteiger partial charge in [0, 0.05) is 29.4 Å². The second-order valence-electron chi connectivity index (χ2n) is 6.26. The van der Waals surface area contributed by atoms with Gasteiger partial charge in [0.2, 0.25) is 5.91 Å². The smallest absolute Gasteiger partial charge is 0.255 e. The van der Waals surface area contributed by atoms with Crippen LogP contribution >= 0.6 is 15.9 Å². The Hall–Kier alpha value is -2.41. The first kappa shape index (κ1) is 18.4. The Labute approximate surface area is 161 Å². The monoisotopic (exact) mass is 416 g/mol. The van der Waals surface area contributed by atoms with E-state index in [1.165, 1.54) is 0 Å². The molecule has 1 saturated heterocycles. The predicted octanol–water partition coefficient (Wildman–Crippen LogP) is 3.12. The summed E-state index contributed by atoms with van der Waals surface area (Å²) in [5.74, 6) is 0.129. The molecule has 1 aromatic carbocycles. The molecular weight excluding hydrogens is 396 g/mol. The quantitative estimate of drug-likeness (QED) is 0.784. The van der Waals surface area contributed by atoms with E-state index in [9.17, 15) is 9.59 Å². The molecule has 1 aromatic heterocycles. The minimum Gasteiger partial charge on any atom is -0.356 e. The van der Waals surface area contributed by atoms with E-state index in [1.807, 2.05) is 25.1 Å². The number of pyridine rings is 1. The van der Waals surface area contributed by atoms with Gasteiger partial charge < -0.3 is 15.5 Å². The molecule has 2 heterocycles. The van der Waals surface area contributed by atoms with Gasteiger partial charge in [0.1, 0.15) is 5.82 Å². The highest BCUT2D eigenvalue weighted by molar-refractivity contribution is 9.10.